The summed E-state index contributed by atoms with van der Waals surface area (Å²) in [6, 6.07) is 5.84. The van der Waals surface area contributed by atoms with E-state index in [0.29, 0.717) is 38.0 Å². The molecule has 1 aromatic heterocycles. The molecule has 1 aliphatic carbocycles. The zero-order valence-corrected chi connectivity index (χ0v) is 27.9. The lowest BCUT2D eigenvalue weighted by Gasteiger charge is -2.38. The van der Waals surface area contributed by atoms with Crippen molar-refractivity contribution in [2.24, 2.45) is 5.92 Å². The van der Waals surface area contributed by atoms with Crippen LogP contribution in [-0.4, -0.2) is 63.4 Å². The van der Waals surface area contributed by atoms with Gasteiger partial charge in [-0.1, -0.05) is 55.9 Å². The number of likely N-dealkylation sites (tertiary alicyclic amines) is 1. The van der Waals surface area contributed by atoms with E-state index in [4.69, 9.17) is 4.53 Å². The van der Waals surface area contributed by atoms with Gasteiger partial charge in [-0.25, -0.2) is 14.6 Å². The maximum atomic E-state index is 15.0. The van der Waals surface area contributed by atoms with Gasteiger partial charge in [-0.3, -0.25) is 19.3 Å². The molecular formula is C31H44FN5O4SSi. The normalized spacial score (nSPS) is 19.8. The smallest absolute Gasteiger partial charge is 0.242 e. The Kier molecular flexibility index (Phi) is 10.8. The zero-order chi connectivity index (χ0) is 31.4. The number of benzene rings is 1. The Hall–Kier alpha value is -2.67. The van der Waals surface area contributed by atoms with E-state index in [0.717, 1.165) is 24.1 Å². The maximum Gasteiger partial charge on any atom is 0.242 e. The molecule has 1 N–H and O–H groups in total. The third-order valence-corrected chi connectivity index (χ3v) is 14.0. The van der Waals surface area contributed by atoms with Gasteiger partial charge in [0.2, 0.25) is 14.2 Å². The van der Waals surface area contributed by atoms with Gasteiger partial charge in [0, 0.05) is 49.7 Å². The molecule has 2 aliphatic rings. The molecule has 43 heavy (non-hydrogen) atoms. The molecule has 1 saturated heterocycles. The van der Waals surface area contributed by atoms with Crippen LogP contribution in [0.4, 0.5) is 4.39 Å². The van der Waals surface area contributed by atoms with Crippen LogP contribution in [0, 0.1) is 11.7 Å². The van der Waals surface area contributed by atoms with Crippen LogP contribution in [0.3, 0.4) is 0 Å². The number of piperidine rings is 1. The summed E-state index contributed by atoms with van der Waals surface area (Å²) in [4.78, 5) is 40.1. The SMILES string of the molecule is CC(=O)SC1CCN(C(C(=O)C2CC2)c2ccccc2F)CC1=Cc1cnnn1CCCC(=O)NO[Si](C)(C)C(C)(C)C. The predicted molar refractivity (Wildman–Crippen MR) is 169 cm³/mol. The first-order valence-corrected chi connectivity index (χ1v) is 18.8. The molecule has 1 amide bonds. The number of halogens is 1. The number of hydrogen-bond donors (Lipinski definition) is 1. The van der Waals surface area contributed by atoms with Crippen molar-refractivity contribution in [2.75, 3.05) is 13.1 Å². The average Bonchev–Trinajstić information content (AvgIpc) is 3.70. The molecule has 2 unspecified atom stereocenters. The predicted octanol–water partition coefficient (Wildman–Crippen LogP) is 5.71. The van der Waals surface area contributed by atoms with E-state index in [1.165, 1.54) is 17.8 Å². The van der Waals surface area contributed by atoms with E-state index in [-0.39, 0.29) is 45.2 Å². The molecule has 0 spiro atoms. The number of amides is 1. The van der Waals surface area contributed by atoms with Crippen LogP contribution in [0.15, 0.2) is 36.0 Å². The second-order valence-electron chi connectivity index (χ2n) is 13.1. The van der Waals surface area contributed by atoms with E-state index in [9.17, 15) is 18.8 Å². The molecule has 2 fully saturated rings. The van der Waals surface area contributed by atoms with Gasteiger partial charge in [-0.15, -0.1) is 5.10 Å². The Labute approximate surface area is 259 Å². The molecule has 234 valence electrons. The van der Waals surface area contributed by atoms with E-state index in [1.807, 2.05) is 11.0 Å². The van der Waals surface area contributed by atoms with Crippen LogP contribution >= 0.6 is 11.8 Å². The van der Waals surface area contributed by atoms with Gasteiger partial charge < -0.3 is 4.53 Å². The third-order valence-electron chi connectivity index (χ3n) is 8.58. The van der Waals surface area contributed by atoms with E-state index in [2.05, 4.69) is 49.7 Å². The van der Waals surface area contributed by atoms with Crippen molar-refractivity contribution in [1.29, 1.82) is 0 Å². The van der Waals surface area contributed by atoms with Crippen molar-refractivity contribution in [3.8, 4) is 0 Å². The van der Waals surface area contributed by atoms with E-state index < -0.39 is 14.4 Å². The van der Waals surface area contributed by atoms with Gasteiger partial charge in [0.1, 0.15) is 5.82 Å². The van der Waals surface area contributed by atoms with Crippen molar-refractivity contribution >= 4 is 43.0 Å². The number of ketones is 1. The van der Waals surface area contributed by atoms with E-state index >= 15 is 0 Å². The topological polar surface area (TPSA) is 106 Å². The fourth-order valence-electron chi connectivity index (χ4n) is 4.91. The first-order chi connectivity index (χ1) is 20.3. The molecule has 2 aromatic rings. The number of hydrogen-bond acceptors (Lipinski definition) is 8. The quantitative estimate of drug-likeness (QED) is 0.235. The van der Waals surface area contributed by atoms with Crippen LogP contribution in [0.25, 0.3) is 6.08 Å². The first-order valence-electron chi connectivity index (χ1n) is 15.0. The van der Waals surface area contributed by atoms with Crippen molar-refractivity contribution in [2.45, 2.75) is 95.8 Å². The lowest BCUT2D eigenvalue weighted by Crippen LogP contribution is -2.46. The minimum absolute atomic E-state index is 0.0154. The highest BCUT2D eigenvalue weighted by Gasteiger charge is 2.41. The van der Waals surface area contributed by atoms with Crippen molar-refractivity contribution in [3.63, 3.8) is 0 Å². The summed E-state index contributed by atoms with van der Waals surface area (Å²) < 4.78 is 22.6. The summed E-state index contributed by atoms with van der Waals surface area (Å²) in [5.41, 5.74) is 4.75. The number of rotatable bonds is 12. The highest BCUT2D eigenvalue weighted by molar-refractivity contribution is 8.14. The summed E-state index contributed by atoms with van der Waals surface area (Å²) in [5.74, 6) is -0.528. The summed E-state index contributed by atoms with van der Waals surface area (Å²) in [6.07, 6.45) is 6.78. The molecule has 12 heteroatoms. The minimum atomic E-state index is -2.10. The standard InChI is InChI=1S/C31H44FN5O4SSi/c1-21(38)42-27-15-17-36(29(30(40)22-13-14-22)25-10-7-8-11-26(25)32)20-23(27)18-24-19-33-35-37(24)16-9-12-28(39)34-41-43(5,6)31(2,3)4/h7-8,10-11,18-19,22,27,29H,9,12-17,20H2,1-6H3,(H,34,39). The molecule has 2 atom stereocenters. The van der Waals surface area contributed by atoms with Gasteiger partial charge in [0.15, 0.2) is 10.9 Å². The molecule has 0 radical (unpaired) electrons. The summed E-state index contributed by atoms with van der Waals surface area (Å²) in [7, 11) is -2.10. The molecule has 9 nitrogen and oxygen atoms in total. The molecule has 2 heterocycles. The number of aromatic nitrogens is 3. The van der Waals surface area contributed by atoms with Gasteiger partial charge in [-0.2, -0.15) is 0 Å². The largest absolute Gasteiger partial charge is 0.320 e. The third kappa shape index (κ3) is 8.71. The second kappa shape index (κ2) is 14.0. The average molecular weight is 630 g/mol. The molecule has 4 rings (SSSR count). The van der Waals surface area contributed by atoms with Crippen molar-refractivity contribution in [1.82, 2.24) is 25.4 Å². The number of nitrogens with one attached hydrogen (secondary N) is 1. The van der Waals surface area contributed by atoms with Gasteiger partial charge >= 0.3 is 0 Å². The Morgan fingerprint density at radius 3 is 2.58 bits per heavy atom. The molecular weight excluding hydrogens is 586 g/mol. The lowest BCUT2D eigenvalue weighted by molar-refractivity contribution is -0.128. The van der Waals surface area contributed by atoms with Crippen molar-refractivity contribution < 1.29 is 23.3 Å². The Bertz CT molecular complexity index is 1350. The monoisotopic (exact) mass is 629 g/mol. The van der Waals surface area contributed by atoms with Crippen LogP contribution in [0.2, 0.25) is 18.1 Å². The fraction of sp³-hybridized carbons (Fsp3) is 0.581. The molecule has 1 saturated carbocycles. The Morgan fingerprint density at radius 1 is 1.21 bits per heavy atom. The summed E-state index contributed by atoms with van der Waals surface area (Å²) >= 11 is 1.28. The molecule has 1 aromatic carbocycles. The number of thioether (sulfide) groups is 1. The minimum Gasteiger partial charge on any atom is -0.320 e. The van der Waals surface area contributed by atoms with Crippen molar-refractivity contribution in [3.05, 3.63) is 53.1 Å². The zero-order valence-electron chi connectivity index (χ0n) is 26.1. The first kappa shape index (κ1) is 33.2. The highest BCUT2D eigenvalue weighted by Crippen LogP contribution is 2.41. The lowest BCUT2D eigenvalue weighted by atomic mass is 9.93. The van der Waals surface area contributed by atoms with Gasteiger partial charge in [-0.05, 0) is 61.5 Å². The van der Waals surface area contributed by atoms with Crippen LogP contribution in [0.5, 0.6) is 0 Å². The maximum absolute atomic E-state index is 15.0. The van der Waals surface area contributed by atoms with Gasteiger partial charge in [0.25, 0.3) is 0 Å². The number of carbonyl (C=O) groups excluding carboxylic acids is 3. The number of Topliss-reactive ketones (excluding diaryl/α,β-unsaturated/α-hetero) is 1. The second-order valence-corrected chi connectivity index (χ2v) is 19.2. The summed E-state index contributed by atoms with van der Waals surface area (Å²) in [5, 5.41) is 8.25. The van der Waals surface area contributed by atoms with E-state index in [1.54, 1.807) is 36.0 Å². The fourth-order valence-corrected chi connectivity index (χ4v) is 6.51. The Balaban J connectivity index is 1.48. The number of aryl methyl sites for hydroxylation is 1. The summed E-state index contributed by atoms with van der Waals surface area (Å²) in [6.45, 7) is 13.5. The number of nitrogens with zero attached hydrogens (tertiary/aromatic N) is 4. The molecule has 1 aliphatic heterocycles. The van der Waals surface area contributed by atoms with Gasteiger partial charge in [0.05, 0.1) is 17.9 Å². The number of hydroxylamine groups is 1. The van der Waals surface area contributed by atoms with Crippen LogP contribution < -0.4 is 5.48 Å². The highest BCUT2D eigenvalue weighted by atomic mass is 32.2. The molecule has 0 bridgehead atoms. The number of carbonyl (C=O) groups is 3. The Morgan fingerprint density at radius 2 is 1.93 bits per heavy atom. The van der Waals surface area contributed by atoms with Crippen LogP contribution in [0.1, 0.15) is 77.1 Å². The van der Waals surface area contributed by atoms with Crippen LogP contribution in [-0.2, 0) is 25.5 Å².